The lowest BCUT2D eigenvalue weighted by Gasteiger charge is -2.21. The Labute approximate surface area is 113 Å². The molecular weight excluding hydrogens is 226 g/mol. The molecule has 0 spiro atoms. The van der Waals surface area contributed by atoms with Gasteiger partial charge in [-0.25, -0.2) is 0 Å². The van der Waals surface area contributed by atoms with Crippen LogP contribution < -0.4 is 0 Å². The van der Waals surface area contributed by atoms with Gasteiger partial charge in [0, 0.05) is 13.2 Å². The van der Waals surface area contributed by atoms with Crippen molar-refractivity contribution in [2.75, 3.05) is 32.8 Å². The summed E-state index contributed by atoms with van der Waals surface area (Å²) in [6, 6.07) is 0. The Kier molecular flexibility index (Phi) is 14.8. The van der Waals surface area contributed by atoms with E-state index in [0.717, 1.165) is 32.2 Å². The van der Waals surface area contributed by atoms with E-state index < -0.39 is 0 Å². The molecule has 0 aliphatic carbocycles. The Morgan fingerprint density at radius 2 is 1.06 bits per heavy atom. The topological polar surface area (TPSA) is 43.7 Å². The van der Waals surface area contributed by atoms with E-state index in [-0.39, 0.29) is 0 Å². The van der Waals surface area contributed by atoms with Gasteiger partial charge in [0.05, 0.1) is 0 Å². The minimum Gasteiger partial charge on any atom is -0.396 e. The number of aliphatic hydroxyl groups excluding tert-OH is 2. The molecule has 18 heavy (non-hydrogen) atoms. The summed E-state index contributed by atoms with van der Waals surface area (Å²) in [5, 5.41) is 17.5. The van der Waals surface area contributed by atoms with Gasteiger partial charge in [0.1, 0.15) is 0 Å². The Balaban J connectivity index is 3.51. The molecule has 2 N–H and O–H groups in total. The zero-order valence-electron chi connectivity index (χ0n) is 12.2. The maximum atomic E-state index is 8.81. The predicted molar refractivity (Wildman–Crippen MR) is 77.8 cm³/mol. The van der Waals surface area contributed by atoms with Crippen LogP contribution in [0.3, 0.4) is 0 Å². The van der Waals surface area contributed by atoms with E-state index in [0.29, 0.717) is 13.2 Å². The van der Waals surface area contributed by atoms with Crippen molar-refractivity contribution in [2.45, 2.75) is 64.7 Å². The molecular formula is C15H33NO2. The number of aliphatic hydroxyl groups is 2. The van der Waals surface area contributed by atoms with Crippen molar-refractivity contribution in [3.8, 4) is 0 Å². The Bertz CT molecular complexity index is 153. The number of rotatable bonds is 14. The van der Waals surface area contributed by atoms with E-state index in [1.807, 2.05) is 0 Å². The first-order valence-corrected chi connectivity index (χ1v) is 7.79. The zero-order valence-corrected chi connectivity index (χ0v) is 12.2. The van der Waals surface area contributed by atoms with E-state index in [1.54, 1.807) is 0 Å². The number of hydrogen-bond acceptors (Lipinski definition) is 3. The molecule has 0 heterocycles. The molecule has 0 aromatic heterocycles. The molecule has 0 radical (unpaired) electrons. The quantitative estimate of drug-likeness (QED) is 0.471. The van der Waals surface area contributed by atoms with Crippen LogP contribution in [0.4, 0.5) is 0 Å². The van der Waals surface area contributed by atoms with Crippen LogP contribution in [0, 0.1) is 0 Å². The van der Waals surface area contributed by atoms with E-state index >= 15 is 0 Å². The van der Waals surface area contributed by atoms with Gasteiger partial charge in [-0.1, -0.05) is 32.6 Å². The fourth-order valence-corrected chi connectivity index (χ4v) is 2.14. The highest BCUT2D eigenvalue weighted by atomic mass is 16.3. The fourth-order valence-electron chi connectivity index (χ4n) is 2.14. The van der Waals surface area contributed by atoms with Crippen molar-refractivity contribution in [2.24, 2.45) is 0 Å². The molecule has 0 fully saturated rings. The fraction of sp³-hybridized carbons (Fsp3) is 1.00. The minimum absolute atomic E-state index is 0.322. The maximum absolute atomic E-state index is 8.81. The van der Waals surface area contributed by atoms with Crippen LogP contribution in [0.25, 0.3) is 0 Å². The van der Waals surface area contributed by atoms with Gasteiger partial charge in [0.2, 0.25) is 0 Å². The smallest absolute Gasteiger partial charge is 0.0431 e. The van der Waals surface area contributed by atoms with E-state index in [4.69, 9.17) is 10.2 Å². The highest BCUT2D eigenvalue weighted by molar-refractivity contribution is 4.59. The van der Waals surface area contributed by atoms with Crippen molar-refractivity contribution < 1.29 is 10.2 Å². The van der Waals surface area contributed by atoms with Crippen molar-refractivity contribution >= 4 is 0 Å². The molecule has 0 saturated heterocycles. The zero-order chi connectivity index (χ0) is 13.5. The molecule has 0 bridgehead atoms. The minimum atomic E-state index is 0.322. The Morgan fingerprint density at radius 3 is 1.67 bits per heavy atom. The first kappa shape index (κ1) is 17.9. The molecule has 0 aromatic rings. The molecule has 3 nitrogen and oxygen atoms in total. The summed E-state index contributed by atoms with van der Waals surface area (Å²) in [5.74, 6) is 0. The average Bonchev–Trinajstić information content (AvgIpc) is 2.39. The monoisotopic (exact) mass is 259 g/mol. The largest absolute Gasteiger partial charge is 0.396 e. The maximum Gasteiger partial charge on any atom is 0.0431 e. The van der Waals surface area contributed by atoms with Crippen molar-refractivity contribution in [3.05, 3.63) is 0 Å². The van der Waals surface area contributed by atoms with Gasteiger partial charge >= 0.3 is 0 Å². The Hall–Kier alpha value is -0.120. The molecule has 0 aliphatic rings. The Morgan fingerprint density at radius 1 is 0.611 bits per heavy atom. The third-order valence-corrected chi connectivity index (χ3v) is 3.34. The summed E-state index contributed by atoms with van der Waals surface area (Å²) in [6.45, 7) is 6.44. The van der Waals surface area contributed by atoms with E-state index in [2.05, 4.69) is 11.8 Å². The summed E-state index contributed by atoms with van der Waals surface area (Å²) >= 11 is 0. The highest BCUT2D eigenvalue weighted by Gasteiger charge is 2.03. The second kappa shape index (κ2) is 14.9. The summed E-state index contributed by atoms with van der Waals surface area (Å²) in [6.07, 6.45) is 10.5. The van der Waals surface area contributed by atoms with Crippen molar-refractivity contribution in [1.82, 2.24) is 4.90 Å². The van der Waals surface area contributed by atoms with Crippen LogP contribution in [0.2, 0.25) is 0 Å². The lowest BCUT2D eigenvalue weighted by molar-refractivity contribution is 0.234. The van der Waals surface area contributed by atoms with Gasteiger partial charge < -0.3 is 15.1 Å². The summed E-state index contributed by atoms with van der Waals surface area (Å²) in [5.41, 5.74) is 0. The molecule has 3 heteroatoms. The lowest BCUT2D eigenvalue weighted by atomic mass is 10.1. The second-order valence-electron chi connectivity index (χ2n) is 5.12. The van der Waals surface area contributed by atoms with Gasteiger partial charge in [0.15, 0.2) is 0 Å². The van der Waals surface area contributed by atoms with Gasteiger partial charge in [-0.15, -0.1) is 0 Å². The molecule has 110 valence electrons. The molecule has 0 unspecified atom stereocenters. The van der Waals surface area contributed by atoms with Gasteiger partial charge in [-0.2, -0.15) is 0 Å². The molecule has 0 saturated carbocycles. The summed E-state index contributed by atoms with van der Waals surface area (Å²) in [4.78, 5) is 2.55. The predicted octanol–water partition coefficient (Wildman–Crippen LogP) is 2.80. The number of nitrogens with zero attached hydrogens (tertiary/aromatic N) is 1. The number of hydrogen-bond donors (Lipinski definition) is 2. The molecule has 0 aromatic carbocycles. The van der Waals surface area contributed by atoms with Crippen molar-refractivity contribution in [3.63, 3.8) is 0 Å². The van der Waals surface area contributed by atoms with Gasteiger partial charge in [-0.05, 0) is 51.7 Å². The molecule has 0 rings (SSSR count). The number of unbranched alkanes of at least 4 members (excludes halogenated alkanes) is 6. The SMILES string of the molecule is CCCCN(CCCCO)CCCCCCCO. The first-order chi connectivity index (χ1) is 8.85. The van der Waals surface area contributed by atoms with Gasteiger partial charge in [0.25, 0.3) is 0 Å². The molecule has 0 amide bonds. The third kappa shape index (κ3) is 12.3. The highest BCUT2D eigenvalue weighted by Crippen LogP contribution is 2.06. The second-order valence-corrected chi connectivity index (χ2v) is 5.12. The molecule has 0 aliphatic heterocycles. The summed E-state index contributed by atoms with van der Waals surface area (Å²) < 4.78 is 0. The molecule has 0 atom stereocenters. The van der Waals surface area contributed by atoms with Crippen LogP contribution >= 0.6 is 0 Å². The van der Waals surface area contributed by atoms with Crippen LogP contribution in [-0.2, 0) is 0 Å². The average molecular weight is 259 g/mol. The van der Waals surface area contributed by atoms with Crippen LogP contribution in [0.1, 0.15) is 64.7 Å². The summed E-state index contributed by atoms with van der Waals surface area (Å²) in [7, 11) is 0. The standard InChI is InChI=1S/C15H33NO2/c1-2-3-11-16(13-8-10-15-18)12-7-5-4-6-9-14-17/h17-18H,2-15H2,1H3. The van der Waals surface area contributed by atoms with Crippen LogP contribution in [-0.4, -0.2) is 48.0 Å². The van der Waals surface area contributed by atoms with E-state index in [1.165, 1.54) is 45.2 Å². The van der Waals surface area contributed by atoms with Crippen LogP contribution in [0.5, 0.6) is 0 Å². The lowest BCUT2D eigenvalue weighted by Crippen LogP contribution is -2.27. The van der Waals surface area contributed by atoms with Crippen LogP contribution in [0.15, 0.2) is 0 Å². The third-order valence-electron chi connectivity index (χ3n) is 3.34. The van der Waals surface area contributed by atoms with Crippen molar-refractivity contribution in [1.29, 1.82) is 0 Å². The first-order valence-electron chi connectivity index (χ1n) is 7.79. The van der Waals surface area contributed by atoms with E-state index in [9.17, 15) is 0 Å². The normalized spacial score (nSPS) is 11.3. The van der Waals surface area contributed by atoms with Gasteiger partial charge in [-0.3, -0.25) is 0 Å².